The topological polar surface area (TPSA) is 88.4 Å². The number of benzene rings is 2. The number of esters is 1. The van der Waals surface area contributed by atoms with E-state index in [9.17, 15) is 9.59 Å². The molecule has 0 amide bonds. The van der Waals surface area contributed by atoms with Gasteiger partial charge >= 0.3 is 5.97 Å². The number of halogens is 1. The van der Waals surface area contributed by atoms with E-state index in [4.69, 9.17) is 18.9 Å². The standard InChI is InChI=1S/C28H27IN2O6S/c1-6-12-37-25-20(29)13-17(14-21(25)35-5)15-22-26(32)31-24(18-8-10-19(34-4)11-9-18)23(27(33)36-7-2)16(3)30-28(31)38-22/h6,8-11,13-15,24H,1,7,12H2,2-5H3/t24-/m1/s1. The van der Waals surface area contributed by atoms with E-state index < -0.39 is 12.0 Å². The highest BCUT2D eigenvalue weighted by Gasteiger charge is 2.33. The van der Waals surface area contributed by atoms with E-state index in [1.807, 2.05) is 24.3 Å². The van der Waals surface area contributed by atoms with Gasteiger partial charge in [-0.2, -0.15) is 0 Å². The molecule has 8 nitrogen and oxygen atoms in total. The monoisotopic (exact) mass is 646 g/mol. The summed E-state index contributed by atoms with van der Waals surface area (Å²) in [6.07, 6.45) is 3.45. The van der Waals surface area contributed by atoms with E-state index in [0.29, 0.717) is 44.5 Å². The summed E-state index contributed by atoms with van der Waals surface area (Å²) in [5, 5.41) is 0. The zero-order chi connectivity index (χ0) is 27.4. The maximum atomic E-state index is 13.8. The Morgan fingerprint density at radius 3 is 2.58 bits per heavy atom. The number of fused-ring (bicyclic) bond motifs is 1. The van der Waals surface area contributed by atoms with Crippen molar-refractivity contribution in [1.82, 2.24) is 4.57 Å². The minimum absolute atomic E-state index is 0.211. The van der Waals surface area contributed by atoms with E-state index in [-0.39, 0.29) is 12.2 Å². The number of carbonyl (C=O) groups is 1. The molecular formula is C28H27IN2O6S. The molecule has 1 aliphatic heterocycles. The van der Waals surface area contributed by atoms with E-state index in [2.05, 4.69) is 34.2 Å². The van der Waals surface area contributed by atoms with Gasteiger partial charge in [0, 0.05) is 0 Å². The number of carbonyl (C=O) groups excluding carboxylic acids is 1. The Labute approximate surface area is 237 Å². The molecule has 0 fully saturated rings. The highest BCUT2D eigenvalue weighted by atomic mass is 127. The SMILES string of the molecule is C=CCOc1c(I)cc(C=c2sc3n(c2=O)[C@H](c2ccc(OC)cc2)C(C(=O)OCC)=C(C)N=3)cc1OC. The molecule has 3 aromatic rings. The summed E-state index contributed by atoms with van der Waals surface area (Å²) < 4.78 is 24.8. The van der Waals surface area contributed by atoms with E-state index in [1.165, 1.54) is 11.3 Å². The molecule has 0 unspecified atom stereocenters. The number of aromatic nitrogens is 1. The van der Waals surface area contributed by atoms with Gasteiger partial charge in [0.1, 0.15) is 12.4 Å². The van der Waals surface area contributed by atoms with Gasteiger partial charge in [-0.25, -0.2) is 9.79 Å². The van der Waals surface area contributed by atoms with Crippen LogP contribution in [0.25, 0.3) is 6.08 Å². The van der Waals surface area contributed by atoms with Crippen molar-refractivity contribution >= 4 is 46.0 Å². The van der Waals surface area contributed by atoms with Gasteiger partial charge < -0.3 is 18.9 Å². The van der Waals surface area contributed by atoms with Gasteiger partial charge in [0.15, 0.2) is 16.3 Å². The molecule has 4 rings (SSSR count). The number of allylic oxidation sites excluding steroid dienone is 1. The van der Waals surface area contributed by atoms with E-state index in [0.717, 1.165) is 14.7 Å². The minimum atomic E-state index is -0.692. The van der Waals surface area contributed by atoms with Crippen LogP contribution in [0.5, 0.6) is 17.2 Å². The Bertz CT molecular complexity index is 1590. The van der Waals surface area contributed by atoms with Gasteiger partial charge in [0.25, 0.3) is 5.56 Å². The van der Waals surface area contributed by atoms with Gasteiger partial charge in [-0.15, -0.1) is 0 Å². The van der Waals surface area contributed by atoms with E-state index in [1.54, 1.807) is 56.9 Å². The average Bonchev–Trinajstić information content (AvgIpc) is 3.21. The number of rotatable bonds is 9. The van der Waals surface area contributed by atoms with Crippen molar-refractivity contribution in [1.29, 1.82) is 0 Å². The van der Waals surface area contributed by atoms with Crippen LogP contribution < -0.4 is 29.1 Å². The fraction of sp³-hybridized carbons (Fsp3) is 0.250. The lowest BCUT2D eigenvalue weighted by Crippen LogP contribution is -2.39. The lowest BCUT2D eigenvalue weighted by Gasteiger charge is -2.24. The van der Waals surface area contributed by atoms with Crippen LogP contribution in [-0.2, 0) is 9.53 Å². The van der Waals surface area contributed by atoms with Crippen molar-refractivity contribution in [2.75, 3.05) is 27.4 Å². The molecule has 0 saturated carbocycles. The van der Waals surface area contributed by atoms with Gasteiger partial charge in [0.2, 0.25) is 0 Å². The molecule has 0 N–H and O–H groups in total. The highest BCUT2D eigenvalue weighted by Crippen LogP contribution is 2.34. The molecule has 0 saturated heterocycles. The molecule has 2 aromatic carbocycles. The molecule has 198 valence electrons. The van der Waals surface area contributed by atoms with Crippen molar-refractivity contribution in [2.45, 2.75) is 19.9 Å². The Kier molecular flexibility index (Phi) is 8.72. The summed E-state index contributed by atoms with van der Waals surface area (Å²) in [5.41, 5.74) is 2.10. The number of hydrogen-bond donors (Lipinski definition) is 0. The Balaban J connectivity index is 1.89. The van der Waals surface area contributed by atoms with Crippen molar-refractivity contribution in [3.63, 3.8) is 0 Å². The first kappa shape index (κ1) is 27.6. The third kappa shape index (κ3) is 5.41. The molecule has 1 aromatic heterocycles. The van der Waals surface area contributed by atoms with E-state index >= 15 is 0 Å². The van der Waals surface area contributed by atoms with Crippen molar-refractivity contribution < 1.29 is 23.7 Å². The van der Waals surface area contributed by atoms with Crippen LogP contribution in [0, 0.1) is 3.57 Å². The summed E-state index contributed by atoms with van der Waals surface area (Å²) in [7, 11) is 3.15. The van der Waals surface area contributed by atoms with Crippen molar-refractivity contribution in [3.05, 3.63) is 94.7 Å². The number of methoxy groups -OCH3 is 2. The second-order valence-corrected chi connectivity index (χ2v) is 10.4. The highest BCUT2D eigenvalue weighted by molar-refractivity contribution is 14.1. The Morgan fingerprint density at radius 1 is 1.21 bits per heavy atom. The fourth-order valence-electron chi connectivity index (χ4n) is 4.15. The van der Waals surface area contributed by atoms with Gasteiger partial charge in [-0.3, -0.25) is 9.36 Å². The fourth-order valence-corrected chi connectivity index (χ4v) is 5.98. The molecule has 0 spiro atoms. The minimum Gasteiger partial charge on any atom is -0.497 e. The zero-order valence-corrected chi connectivity index (χ0v) is 24.4. The summed E-state index contributed by atoms with van der Waals surface area (Å²) in [4.78, 5) is 32.0. The maximum absolute atomic E-state index is 13.8. The first-order chi connectivity index (χ1) is 18.3. The Morgan fingerprint density at radius 2 is 1.95 bits per heavy atom. The van der Waals surface area contributed by atoms with Crippen LogP contribution in [0.2, 0.25) is 0 Å². The van der Waals surface area contributed by atoms with Crippen molar-refractivity contribution in [3.8, 4) is 17.2 Å². The molecule has 38 heavy (non-hydrogen) atoms. The first-order valence-corrected chi connectivity index (χ1v) is 13.7. The number of nitrogens with zero attached hydrogens (tertiary/aromatic N) is 2. The molecule has 1 aliphatic rings. The maximum Gasteiger partial charge on any atom is 0.338 e. The quantitative estimate of drug-likeness (QED) is 0.199. The summed E-state index contributed by atoms with van der Waals surface area (Å²) in [5.74, 6) is 1.33. The van der Waals surface area contributed by atoms with Crippen LogP contribution in [0.4, 0.5) is 0 Å². The summed E-state index contributed by atoms with van der Waals surface area (Å²) in [6.45, 7) is 7.75. The van der Waals surface area contributed by atoms with Crippen LogP contribution in [-0.4, -0.2) is 38.0 Å². The van der Waals surface area contributed by atoms with Crippen LogP contribution >= 0.6 is 33.9 Å². The second kappa shape index (κ2) is 12.0. The van der Waals surface area contributed by atoms with Crippen molar-refractivity contribution in [2.24, 2.45) is 4.99 Å². The molecular weight excluding hydrogens is 619 g/mol. The molecule has 0 aliphatic carbocycles. The third-order valence-corrected chi connectivity index (χ3v) is 7.63. The molecule has 0 bridgehead atoms. The zero-order valence-electron chi connectivity index (χ0n) is 21.4. The van der Waals surface area contributed by atoms with Gasteiger partial charge in [-0.05, 0) is 77.9 Å². The van der Waals surface area contributed by atoms with Crippen LogP contribution in [0.1, 0.15) is 31.0 Å². The smallest absolute Gasteiger partial charge is 0.338 e. The predicted molar refractivity (Wildman–Crippen MR) is 155 cm³/mol. The number of thiazole rings is 1. The molecule has 2 heterocycles. The average molecular weight is 647 g/mol. The molecule has 0 radical (unpaired) electrons. The third-order valence-electron chi connectivity index (χ3n) is 5.84. The Hall–Kier alpha value is -3.38. The normalized spacial score (nSPS) is 15.0. The van der Waals surface area contributed by atoms with Gasteiger partial charge in [0.05, 0.1) is 46.2 Å². The summed E-state index contributed by atoms with van der Waals surface area (Å²) in [6, 6.07) is 10.3. The lowest BCUT2D eigenvalue weighted by atomic mass is 9.96. The predicted octanol–water partition coefficient (Wildman–Crippen LogP) is 3.98. The number of hydrogen-bond acceptors (Lipinski definition) is 8. The van der Waals surface area contributed by atoms with Crippen LogP contribution in [0.15, 0.2) is 70.1 Å². The van der Waals surface area contributed by atoms with Gasteiger partial charge in [-0.1, -0.05) is 36.1 Å². The second-order valence-electron chi connectivity index (χ2n) is 8.21. The largest absolute Gasteiger partial charge is 0.497 e. The number of ether oxygens (including phenoxy) is 4. The lowest BCUT2D eigenvalue weighted by molar-refractivity contribution is -0.139. The first-order valence-electron chi connectivity index (χ1n) is 11.8. The van der Waals surface area contributed by atoms with Crippen LogP contribution in [0.3, 0.4) is 0 Å². The molecule has 1 atom stereocenters. The summed E-state index contributed by atoms with van der Waals surface area (Å²) >= 11 is 3.43. The molecule has 10 heteroatoms.